The number of benzene rings is 2. The molecule has 2 aromatic rings. The monoisotopic (exact) mass is 293 g/mol. The molecule has 5 heteroatoms. The smallest absolute Gasteiger partial charge is 0.399 e. The molecule has 0 saturated carbocycles. The van der Waals surface area contributed by atoms with Crippen molar-refractivity contribution in [1.29, 1.82) is 0 Å². The highest BCUT2D eigenvalue weighted by Crippen LogP contribution is 2.29. The number of carbonyl (C=O) groups is 1. The molecule has 0 bridgehead atoms. The van der Waals surface area contributed by atoms with Crippen LogP contribution in [0.1, 0.15) is 16.7 Å². The average molecular weight is 293 g/mol. The second kappa shape index (κ2) is 5.99. The molecule has 0 aliphatic rings. The molecule has 0 aromatic heterocycles. The lowest BCUT2D eigenvalue weighted by atomic mass is 10.0. The van der Waals surface area contributed by atoms with Crippen LogP contribution in [0.2, 0.25) is 0 Å². The maximum absolute atomic E-state index is 12.6. The van der Waals surface area contributed by atoms with Gasteiger partial charge in [-0.1, -0.05) is 30.3 Å². The van der Waals surface area contributed by atoms with Crippen LogP contribution in [0.5, 0.6) is 0 Å². The number of halogens is 3. The fraction of sp³-hybridized carbons (Fsp3) is 0.188. The standard InChI is InChI=1S/C16H14F3NO/c17-16(18,19)13-3-1-2-12(8-13)10-15(21)9-11-4-6-14(20)7-5-11/h1-8H,9-10,20H2. The van der Waals surface area contributed by atoms with Gasteiger partial charge in [-0.25, -0.2) is 0 Å². The van der Waals surface area contributed by atoms with Crippen molar-refractivity contribution in [2.24, 2.45) is 0 Å². The van der Waals surface area contributed by atoms with Crippen molar-refractivity contribution in [1.82, 2.24) is 0 Å². The van der Waals surface area contributed by atoms with Gasteiger partial charge in [0.2, 0.25) is 0 Å². The van der Waals surface area contributed by atoms with E-state index >= 15 is 0 Å². The number of alkyl halides is 3. The maximum Gasteiger partial charge on any atom is 0.416 e. The first kappa shape index (κ1) is 15.1. The third-order valence-electron chi connectivity index (χ3n) is 3.04. The van der Waals surface area contributed by atoms with Crippen LogP contribution in [-0.4, -0.2) is 5.78 Å². The summed E-state index contributed by atoms with van der Waals surface area (Å²) in [7, 11) is 0. The molecule has 0 aliphatic heterocycles. The summed E-state index contributed by atoms with van der Waals surface area (Å²) in [5, 5.41) is 0. The van der Waals surface area contributed by atoms with Gasteiger partial charge in [0.05, 0.1) is 5.56 Å². The Morgan fingerprint density at radius 2 is 1.57 bits per heavy atom. The first-order valence-electron chi connectivity index (χ1n) is 6.37. The Balaban J connectivity index is 2.04. The minimum absolute atomic E-state index is 0.0195. The molecule has 0 fully saturated rings. The molecule has 0 atom stereocenters. The SMILES string of the molecule is Nc1ccc(CC(=O)Cc2cccc(C(F)(F)F)c2)cc1. The lowest BCUT2D eigenvalue weighted by Crippen LogP contribution is -2.09. The summed E-state index contributed by atoms with van der Waals surface area (Å²) in [6.07, 6.45) is -4.24. The van der Waals surface area contributed by atoms with Gasteiger partial charge >= 0.3 is 6.18 Å². The van der Waals surface area contributed by atoms with E-state index in [0.717, 1.165) is 17.7 Å². The van der Waals surface area contributed by atoms with Crippen molar-refractivity contribution in [3.8, 4) is 0 Å². The van der Waals surface area contributed by atoms with Crippen molar-refractivity contribution in [3.05, 3.63) is 65.2 Å². The number of hydrogen-bond acceptors (Lipinski definition) is 2. The molecule has 110 valence electrons. The molecule has 0 heterocycles. The Bertz CT molecular complexity index is 633. The lowest BCUT2D eigenvalue weighted by molar-refractivity contribution is -0.137. The lowest BCUT2D eigenvalue weighted by Gasteiger charge is -2.08. The second-order valence-electron chi connectivity index (χ2n) is 4.83. The fourth-order valence-electron chi connectivity index (χ4n) is 2.01. The van der Waals surface area contributed by atoms with Gasteiger partial charge in [0.25, 0.3) is 0 Å². The van der Waals surface area contributed by atoms with Crippen LogP contribution in [0.15, 0.2) is 48.5 Å². The summed E-state index contributed by atoms with van der Waals surface area (Å²) in [4.78, 5) is 11.9. The predicted molar refractivity (Wildman–Crippen MR) is 74.7 cm³/mol. The zero-order chi connectivity index (χ0) is 15.5. The van der Waals surface area contributed by atoms with E-state index in [0.29, 0.717) is 11.3 Å². The minimum atomic E-state index is -4.39. The second-order valence-corrected chi connectivity index (χ2v) is 4.83. The molecule has 2 nitrogen and oxygen atoms in total. The number of hydrogen-bond donors (Lipinski definition) is 1. The number of carbonyl (C=O) groups excluding carboxylic acids is 1. The van der Waals surface area contributed by atoms with Crippen LogP contribution in [0.3, 0.4) is 0 Å². The molecule has 0 radical (unpaired) electrons. The van der Waals surface area contributed by atoms with Gasteiger partial charge in [0.15, 0.2) is 0 Å². The Hall–Kier alpha value is -2.30. The van der Waals surface area contributed by atoms with E-state index < -0.39 is 11.7 Å². The molecule has 21 heavy (non-hydrogen) atoms. The highest BCUT2D eigenvalue weighted by molar-refractivity contribution is 5.83. The Morgan fingerprint density at radius 3 is 2.19 bits per heavy atom. The predicted octanol–water partition coefficient (Wildman–Crippen LogP) is 3.64. The topological polar surface area (TPSA) is 43.1 Å². The number of rotatable bonds is 4. The van der Waals surface area contributed by atoms with E-state index in [4.69, 9.17) is 5.73 Å². The van der Waals surface area contributed by atoms with E-state index in [-0.39, 0.29) is 18.6 Å². The molecule has 2 rings (SSSR count). The maximum atomic E-state index is 12.6. The average Bonchev–Trinajstić information content (AvgIpc) is 2.41. The van der Waals surface area contributed by atoms with Crippen LogP contribution in [0, 0.1) is 0 Å². The van der Waals surface area contributed by atoms with Crippen molar-refractivity contribution < 1.29 is 18.0 Å². The number of nitrogens with two attached hydrogens (primary N) is 1. The normalized spacial score (nSPS) is 11.4. The van der Waals surface area contributed by atoms with E-state index in [1.165, 1.54) is 12.1 Å². The molecule has 0 amide bonds. The number of anilines is 1. The molecule has 2 aromatic carbocycles. The zero-order valence-corrected chi connectivity index (χ0v) is 11.2. The summed E-state index contributed by atoms with van der Waals surface area (Å²) in [5.41, 5.74) is 6.57. The summed E-state index contributed by atoms with van der Waals surface area (Å²) < 4.78 is 37.8. The molecule has 0 spiro atoms. The van der Waals surface area contributed by atoms with Crippen molar-refractivity contribution in [2.75, 3.05) is 5.73 Å². The molecular weight excluding hydrogens is 279 g/mol. The largest absolute Gasteiger partial charge is 0.416 e. The van der Waals surface area contributed by atoms with E-state index in [1.54, 1.807) is 24.3 Å². The summed E-state index contributed by atoms with van der Waals surface area (Å²) in [6, 6.07) is 11.7. The van der Waals surface area contributed by atoms with Gasteiger partial charge < -0.3 is 5.73 Å². The molecule has 0 unspecified atom stereocenters. The Labute approximate surface area is 120 Å². The molecule has 2 N–H and O–H groups in total. The highest BCUT2D eigenvalue weighted by Gasteiger charge is 2.30. The molecular formula is C16H14F3NO. The summed E-state index contributed by atoms with van der Waals surface area (Å²) in [6.45, 7) is 0. The minimum Gasteiger partial charge on any atom is -0.399 e. The van der Waals surface area contributed by atoms with Crippen LogP contribution in [-0.2, 0) is 23.8 Å². The summed E-state index contributed by atoms with van der Waals surface area (Å²) in [5.74, 6) is -0.140. The first-order valence-corrected chi connectivity index (χ1v) is 6.37. The van der Waals surface area contributed by atoms with Crippen LogP contribution < -0.4 is 5.73 Å². The van der Waals surface area contributed by atoms with Gasteiger partial charge in [-0.3, -0.25) is 4.79 Å². The zero-order valence-electron chi connectivity index (χ0n) is 11.2. The van der Waals surface area contributed by atoms with Gasteiger partial charge in [-0.15, -0.1) is 0 Å². The molecule has 0 saturated heterocycles. The van der Waals surface area contributed by atoms with Crippen LogP contribution in [0.4, 0.5) is 18.9 Å². The van der Waals surface area contributed by atoms with Crippen LogP contribution in [0.25, 0.3) is 0 Å². The molecule has 0 aliphatic carbocycles. The Kier molecular flexibility index (Phi) is 4.31. The quantitative estimate of drug-likeness (QED) is 0.875. The van der Waals surface area contributed by atoms with Gasteiger partial charge in [0.1, 0.15) is 5.78 Å². The third-order valence-corrected chi connectivity index (χ3v) is 3.04. The Morgan fingerprint density at radius 1 is 0.952 bits per heavy atom. The number of ketones is 1. The number of nitrogen functional groups attached to an aromatic ring is 1. The third kappa shape index (κ3) is 4.34. The van der Waals surface area contributed by atoms with Gasteiger partial charge in [0, 0.05) is 18.5 Å². The number of Topliss-reactive ketones (excluding diaryl/α,β-unsaturated/α-hetero) is 1. The van der Waals surface area contributed by atoms with E-state index in [1.807, 2.05) is 0 Å². The van der Waals surface area contributed by atoms with Crippen molar-refractivity contribution in [3.63, 3.8) is 0 Å². The highest BCUT2D eigenvalue weighted by atomic mass is 19.4. The van der Waals surface area contributed by atoms with Crippen LogP contribution >= 0.6 is 0 Å². The first-order chi connectivity index (χ1) is 9.84. The van der Waals surface area contributed by atoms with Gasteiger partial charge in [-0.2, -0.15) is 13.2 Å². The van der Waals surface area contributed by atoms with E-state index in [2.05, 4.69) is 0 Å². The van der Waals surface area contributed by atoms with E-state index in [9.17, 15) is 18.0 Å². The van der Waals surface area contributed by atoms with Gasteiger partial charge in [-0.05, 0) is 29.3 Å². The summed E-state index contributed by atoms with van der Waals surface area (Å²) >= 11 is 0. The van der Waals surface area contributed by atoms with Crippen molar-refractivity contribution >= 4 is 11.5 Å². The fourth-order valence-corrected chi connectivity index (χ4v) is 2.01. The van der Waals surface area contributed by atoms with Crippen molar-refractivity contribution in [2.45, 2.75) is 19.0 Å².